The van der Waals surface area contributed by atoms with Crippen molar-refractivity contribution >= 4 is 17.6 Å². The number of nitrogens with one attached hydrogen (secondary N) is 2. The highest BCUT2D eigenvalue weighted by atomic mass is 16.2. The molecule has 4 aliphatic carbocycles. The van der Waals surface area contributed by atoms with Gasteiger partial charge in [-0.2, -0.15) is 0 Å². The quantitative estimate of drug-likeness (QED) is 0.727. The highest BCUT2D eigenvalue weighted by molar-refractivity contribution is 5.97. The molecular formula is C17H23N5O2. The fourth-order valence-corrected chi connectivity index (χ4v) is 5.60. The zero-order valence-corrected chi connectivity index (χ0v) is 13.6. The third-order valence-electron chi connectivity index (χ3n) is 5.96. The maximum absolute atomic E-state index is 12.4. The Morgan fingerprint density at radius 3 is 2.21 bits per heavy atom. The molecular weight excluding hydrogens is 306 g/mol. The number of carbonyl (C=O) groups excluding carboxylic acids is 2. The first-order valence-electron chi connectivity index (χ1n) is 8.69. The minimum absolute atomic E-state index is 0.0209. The molecule has 0 atom stereocenters. The first-order valence-corrected chi connectivity index (χ1v) is 8.69. The van der Waals surface area contributed by atoms with Gasteiger partial charge >= 0.3 is 0 Å². The molecule has 0 radical (unpaired) electrons. The van der Waals surface area contributed by atoms with E-state index in [0.717, 1.165) is 17.8 Å². The highest BCUT2D eigenvalue weighted by Gasteiger charge is 2.51. The van der Waals surface area contributed by atoms with Crippen molar-refractivity contribution in [3.63, 3.8) is 0 Å². The molecule has 5 rings (SSSR count). The third kappa shape index (κ3) is 2.83. The number of anilines is 1. The average molecular weight is 329 g/mol. The molecule has 1 heterocycles. The second kappa shape index (κ2) is 5.72. The van der Waals surface area contributed by atoms with Gasteiger partial charge in [-0.1, -0.05) is 0 Å². The van der Waals surface area contributed by atoms with Gasteiger partial charge in [0.25, 0.3) is 5.91 Å². The molecule has 4 aliphatic rings. The Balaban J connectivity index is 1.34. The van der Waals surface area contributed by atoms with Gasteiger partial charge in [-0.25, -0.2) is 9.97 Å². The summed E-state index contributed by atoms with van der Waals surface area (Å²) < 4.78 is 0. The topological polar surface area (TPSA) is 110 Å². The van der Waals surface area contributed by atoms with Crippen LogP contribution in [-0.2, 0) is 4.79 Å². The third-order valence-corrected chi connectivity index (χ3v) is 5.96. The molecule has 0 saturated heterocycles. The Bertz CT molecular complexity index is 639. The number of nitrogen functional groups attached to an aromatic ring is 1. The maximum Gasteiger partial charge on any atom is 0.292 e. The molecule has 0 unspecified atom stereocenters. The summed E-state index contributed by atoms with van der Waals surface area (Å²) in [7, 11) is 0. The molecule has 128 valence electrons. The molecule has 0 aliphatic heterocycles. The molecule has 0 spiro atoms. The van der Waals surface area contributed by atoms with Gasteiger partial charge in [-0.3, -0.25) is 20.4 Å². The van der Waals surface area contributed by atoms with Crippen LogP contribution < -0.4 is 16.6 Å². The average Bonchev–Trinajstić information content (AvgIpc) is 2.51. The van der Waals surface area contributed by atoms with Crippen LogP contribution in [0.1, 0.15) is 55.4 Å². The number of hydrazine groups is 1. The molecule has 24 heavy (non-hydrogen) atoms. The first kappa shape index (κ1) is 15.4. The van der Waals surface area contributed by atoms with Gasteiger partial charge in [-0.05, 0) is 61.7 Å². The minimum Gasteiger partial charge on any atom is -0.382 e. The van der Waals surface area contributed by atoms with Crippen molar-refractivity contribution in [2.45, 2.75) is 44.9 Å². The number of hydrogen-bond donors (Lipinski definition) is 3. The van der Waals surface area contributed by atoms with E-state index >= 15 is 0 Å². The second-order valence-corrected chi connectivity index (χ2v) is 7.89. The summed E-state index contributed by atoms with van der Waals surface area (Å²) in [6.45, 7) is 0. The van der Waals surface area contributed by atoms with E-state index < -0.39 is 5.91 Å². The number of aromatic nitrogens is 2. The van der Waals surface area contributed by atoms with Crippen LogP contribution in [0.4, 0.5) is 5.82 Å². The van der Waals surface area contributed by atoms with E-state index in [9.17, 15) is 9.59 Å². The first-order chi connectivity index (χ1) is 11.5. The van der Waals surface area contributed by atoms with E-state index in [0.29, 0.717) is 6.42 Å². The van der Waals surface area contributed by atoms with Gasteiger partial charge in [0.15, 0.2) is 11.5 Å². The fourth-order valence-electron chi connectivity index (χ4n) is 5.60. The van der Waals surface area contributed by atoms with E-state index in [1.807, 2.05) is 0 Å². The van der Waals surface area contributed by atoms with E-state index in [1.165, 1.54) is 50.9 Å². The van der Waals surface area contributed by atoms with Crippen LogP contribution in [0.25, 0.3) is 0 Å². The predicted molar refractivity (Wildman–Crippen MR) is 87.3 cm³/mol. The van der Waals surface area contributed by atoms with Crippen molar-refractivity contribution in [2.24, 2.45) is 23.2 Å². The van der Waals surface area contributed by atoms with Crippen LogP contribution in [0.15, 0.2) is 12.4 Å². The van der Waals surface area contributed by atoms with Gasteiger partial charge in [-0.15, -0.1) is 0 Å². The van der Waals surface area contributed by atoms with E-state index in [1.54, 1.807) is 0 Å². The van der Waals surface area contributed by atoms with Crippen molar-refractivity contribution < 1.29 is 9.59 Å². The normalized spacial score (nSPS) is 33.2. The summed E-state index contributed by atoms with van der Waals surface area (Å²) in [6, 6.07) is 0. The van der Waals surface area contributed by atoms with Crippen molar-refractivity contribution in [2.75, 3.05) is 5.73 Å². The SMILES string of the molecule is Nc1nccnc1C(=O)NNC(=O)CC12CC3CC(CC(C3)C1)C2. The maximum atomic E-state index is 12.4. The Hall–Kier alpha value is -2.18. The predicted octanol–water partition coefficient (Wildman–Crippen LogP) is 1.43. The Labute approximate surface area is 140 Å². The van der Waals surface area contributed by atoms with Crippen LogP contribution in [0.5, 0.6) is 0 Å². The number of amides is 2. The smallest absolute Gasteiger partial charge is 0.292 e. The van der Waals surface area contributed by atoms with Gasteiger partial charge in [0.05, 0.1) is 0 Å². The number of hydrogen-bond acceptors (Lipinski definition) is 5. The highest BCUT2D eigenvalue weighted by Crippen LogP contribution is 2.61. The molecule has 2 amide bonds. The van der Waals surface area contributed by atoms with Gasteiger partial charge in [0.2, 0.25) is 5.91 Å². The van der Waals surface area contributed by atoms with Crippen molar-refractivity contribution in [1.82, 2.24) is 20.8 Å². The number of nitrogens with two attached hydrogens (primary N) is 1. The van der Waals surface area contributed by atoms with Crippen molar-refractivity contribution in [3.8, 4) is 0 Å². The molecule has 0 aromatic carbocycles. The Morgan fingerprint density at radius 2 is 1.62 bits per heavy atom. The Morgan fingerprint density at radius 1 is 1.04 bits per heavy atom. The lowest BCUT2D eigenvalue weighted by molar-refractivity contribution is -0.130. The van der Waals surface area contributed by atoms with Crippen LogP contribution >= 0.6 is 0 Å². The van der Waals surface area contributed by atoms with Crippen molar-refractivity contribution in [1.29, 1.82) is 0 Å². The lowest BCUT2D eigenvalue weighted by Gasteiger charge is -2.56. The molecule has 7 heteroatoms. The molecule has 4 N–H and O–H groups in total. The molecule has 4 saturated carbocycles. The fraction of sp³-hybridized carbons (Fsp3) is 0.647. The van der Waals surface area contributed by atoms with E-state index in [2.05, 4.69) is 20.8 Å². The molecule has 4 fully saturated rings. The lowest BCUT2D eigenvalue weighted by Crippen LogP contribution is -2.50. The van der Waals surface area contributed by atoms with Crippen molar-refractivity contribution in [3.05, 3.63) is 18.1 Å². The number of nitrogens with zero attached hydrogens (tertiary/aromatic N) is 2. The summed E-state index contributed by atoms with van der Waals surface area (Å²) in [5.41, 5.74) is 10.7. The van der Waals surface area contributed by atoms with E-state index in [-0.39, 0.29) is 22.8 Å². The zero-order valence-electron chi connectivity index (χ0n) is 13.6. The molecule has 1 aromatic rings. The monoisotopic (exact) mass is 329 g/mol. The molecule has 7 nitrogen and oxygen atoms in total. The van der Waals surface area contributed by atoms with Crippen LogP contribution in [-0.4, -0.2) is 21.8 Å². The van der Waals surface area contributed by atoms with Crippen LogP contribution in [0.3, 0.4) is 0 Å². The number of carbonyl (C=O) groups is 2. The molecule has 4 bridgehead atoms. The molecule has 1 aromatic heterocycles. The summed E-state index contributed by atoms with van der Waals surface area (Å²) in [5.74, 6) is 1.78. The van der Waals surface area contributed by atoms with Gasteiger partial charge in [0, 0.05) is 18.8 Å². The number of rotatable bonds is 3. The summed E-state index contributed by atoms with van der Waals surface area (Å²) in [4.78, 5) is 32.1. The Kier molecular flexibility index (Phi) is 3.66. The second-order valence-electron chi connectivity index (χ2n) is 7.89. The summed E-state index contributed by atoms with van der Waals surface area (Å²) >= 11 is 0. The summed E-state index contributed by atoms with van der Waals surface area (Å²) in [6.07, 6.45) is 10.8. The standard InChI is InChI=1S/C17H23N5O2/c18-15-14(19-1-2-20-15)16(24)22-21-13(23)9-17-6-10-3-11(7-17)5-12(4-10)8-17/h1-2,10-12H,3-9H2,(H2,18,20)(H,21,23)(H,22,24). The zero-order chi connectivity index (χ0) is 16.7. The van der Waals surface area contributed by atoms with Crippen LogP contribution in [0, 0.1) is 23.2 Å². The largest absolute Gasteiger partial charge is 0.382 e. The van der Waals surface area contributed by atoms with Gasteiger partial charge < -0.3 is 5.73 Å². The van der Waals surface area contributed by atoms with Crippen LogP contribution in [0.2, 0.25) is 0 Å². The van der Waals surface area contributed by atoms with E-state index in [4.69, 9.17) is 5.73 Å². The summed E-state index contributed by atoms with van der Waals surface area (Å²) in [5, 5.41) is 0. The lowest BCUT2D eigenvalue weighted by atomic mass is 9.49. The minimum atomic E-state index is -0.542. The van der Waals surface area contributed by atoms with Gasteiger partial charge in [0.1, 0.15) is 0 Å².